The van der Waals surface area contributed by atoms with E-state index in [4.69, 9.17) is 4.74 Å². The van der Waals surface area contributed by atoms with Gasteiger partial charge in [-0.15, -0.1) is 0 Å². The molecule has 21 heavy (non-hydrogen) atoms. The number of rotatable bonds is 6. The van der Waals surface area contributed by atoms with E-state index in [1.807, 2.05) is 24.6 Å². The van der Waals surface area contributed by atoms with Crippen molar-refractivity contribution in [2.45, 2.75) is 33.2 Å². The van der Waals surface area contributed by atoms with E-state index >= 15 is 0 Å². The lowest BCUT2D eigenvalue weighted by molar-refractivity contribution is -0.117. The van der Waals surface area contributed by atoms with Gasteiger partial charge in [0.15, 0.2) is 0 Å². The fourth-order valence-electron chi connectivity index (χ4n) is 2.15. The number of methoxy groups -OCH3 is 1. The molecule has 0 saturated carbocycles. The molecule has 0 N–H and O–H groups in total. The average molecular weight is 352 g/mol. The molecule has 0 radical (unpaired) electrons. The Labute approximate surface area is 132 Å². The van der Waals surface area contributed by atoms with Crippen LogP contribution in [0.3, 0.4) is 0 Å². The summed E-state index contributed by atoms with van der Waals surface area (Å²) < 4.78 is 7.79. The van der Waals surface area contributed by atoms with Gasteiger partial charge < -0.3 is 4.74 Å². The minimum atomic E-state index is 0.136. The number of halogens is 1. The first-order valence-corrected chi connectivity index (χ1v) is 7.56. The maximum Gasteiger partial charge on any atom is 0.212 e. The van der Waals surface area contributed by atoms with E-state index in [1.54, 1.807) is 19.4 Å². The van der Waals surface area contributed by atoms with E-state index < -0.39 is 0 Å². The van der Waals surface area contributed by atoms with Crippen molar-refractivity contribution in [2.75, 3.05) is 7.11 Å². The van der Waals surface area contributed by atoms with Gasteiger partial charge in [0.1, 0.15) is 5.78 Å². The van der Waals surface area contributed by atoms with Crippen molar-refractivity contribution >= 4 is 21.7 Å². The van der Waals surface area contributed by atoms with Crippen molar-refractivity contribution in [2.24, 2.45) is 0 Å². The fourth-order valence-corrected chi connectivity index (χ4v) is 2.58. The molecule has 0 amide bonds. The Morgan fingerprint density at radius 3 is 2.71 bits per heavy atom. The molecule has 0 spiro atoms. The molecule has 6 heteroatoms. The van der Waals surface area contributed by atoms with Gasteiger partial charge in [0.25, 0.3) is 0 Å². The van der Waals surface area contributed by atoms with Crippen LogP contribution in [0.25, 0.3) is 0 Å². The Hall–Kier alpha value is -1.69. The summed E-state index contributed by atoms with van der Waals surface area (Å²) >= 11 is 3.51. The smallest absolute Gasteiger partial charge is 0.212 e. The number of ketones is 1. The average Bonchev–Trinajstić information content (AvgIpc) is 2.75. The zero-order valence-corrected chi connectivity index (χ0v) is 14.0. The molecule has 2 rings (SSSR count). The first kappa shape index (κ1) is 15.7. The molecule has 0 aliphatic rings. The Kier molecular flexibility index (Phi) is 5.12. The van der Waals surface area contributed by atoms with E-state index in [0.29, 0.717) is 18.7 Å². The molecule has 0 aliphatic heterocycles. The minimum Gasteiger partial charge on any atom is -0.481 e. The molecule has 0 atom stereocenters. The largest absolute Gasteiger partial charge is 0.481 e. The number of aromatic nitrogens is 3. The Balaban J connectivity index is 2.07. The molecule has 2 heterocycles. The highest BCUT2D eigenvalue weighted by Gasteiger charge is 2.16. The monoisotopic (exact) mass is 351 g/mol. The van der Waals surface area contributed by atoms with E-state index in [9.17, 15) is 4.79 Å². The van der Waals surface area contributed by atoms with Crippen LogP contribution in [0.1, 0.15) is 23.9 Å². The van der Waals surface area contributed by atoms with Gasteiger partial charge in [0.05, 0.1) is 23.0 Å². The van der Waals surface area contributed by atoms with Crippen LogP contribution in [0, 0.1) is 6.92 Å². The zero-order valence-electron chi connectivity index (χ0n) is 12.4. The lowest BCUT2D eigenvalue weighted by atomic mass is 10.1. The van der Waals surface area contributed by atoms with Crippen LogP contribution in [-0.4, -0.2) is 27.7 Å². The lowest BCUT2D eigenvalue weighted by Gasteiger charge is -2.06. The van der Waals surface area contributed by atoms with Gasteiger partial charge in [-0.2, -0.15) is 5.10 Å². The molecule has 2 aromatic rings. The van der Waals surface area contributed by atoms with Crippen LogP contribution < -0.4 is 4.74 Å². The van der Waals surface area contributed by atoms with Crippen molar-refractivity contribution in [1.82, 2.24) is 14.8 Å². The van der Waals surface area contributed by atoms with Crippen LogP contribution in [0.15, 0.2) is 22.8 Å². The molecular formula is C15H18BrN3O2. The van der Waals surface area contributed by atoms with Crippen LogP contribution in [-0.2, 0) is 24.2 Å². The number of ether oxygens (including phenoxy) is 1. The summed E-state index contributed by atoms with van der Waals surface area (Å²) in [4.78, 5) is 16.4. The molecule has 5 nitrogen and oxygen atoms in total. The number of Topliss-reactive ketones (excluding diaryl/α,β-unsaturated/α-hetero) is 1. The minimum absolute atomic E-state index is 0.136. The number of aryl methyl sites for hydroxylation is 2. The Bertz CT molecular complexity index is 635. The summed E-state index contributed by atoms with van der Waals surface area (Å²) in [6, 6.07) is 3.63. The molecule has 0 aromatic carbocycles. The first-order chi connectivity index (χ1) is 10.0. The molecule has 112 valence electrons. The highest BCUT2D eigenvalue weighted by molar-refractivity contribution is 9.10. The van der Waals surface area contributed by atoms with Gasteiger partial charge in [-0.25, -0.2) is 4.98 Å². The van der Waals surface area contributed by atoms with E-state index in [-0.39, 0.29) is 5.78 Å². The summed E-state index contributed by atoms with van der Waals surface area (Å²) in [5.41, 5.74) is 2.73. The van der Waals surface area contributed by atoms with Crippen molar-refractivity contribution in [3.05, 3.63) is 39.8 Å². The van der Waals surface area contributed by atoms with Crippen molar-refractivity contribution in [1.29, 1.82) is 0 Å². The molecule has 0 fully saturated rings. The second-order valence-corrected chi connectivity index (χ2v) is 5.56. The van der Waals surface area contributed by atoms with Crippen molar-refractivity contribution in [3.63, 3.8) is 0 Å². The fraction of sp³-hybridized carbons (Fsp3) is 0.400. The second-order valence-electron chi connectivity index (χ2n) is 4.76. The molecule has 0 aliphatic carbocycles. The Morgan fingerprint density at radius 2 is 2.14 bits per heavy atom. The maximum atomic E-state index is 12.2. The standard InChI is InChI=1S/C15H18BrN3O2/c1-4-19-13(15(16)10(2)18-19)8-12(20)7-11-5-6-14(21-3)17-9-11/h5-6,9H,4,7-8H2,1-3H3. The maximum absolute atomic E-state index is 12.2. The number of pyridine rings is 1. The van der Waals surface area contributed by atoms with Gasteiger partial charge in [-0.1, -0.05) is 6.07 Å². The molecule has 2 aromatic heterocycles. The van der Waals surface area contributed by atoms with Crippen LogP contribution in [0.5, 0.6) is 5.88 Å². The normalized spacial score (nSPS) is 10.7. The van der Waals surface area contributed by atoms with Gasteiger partial charge >= 0.3 is 0 Å². The number of carbonyl (C=O) groups is 1. The van der Waals surface area contributed by atoms with Gasteiger partial charge in [-0.05, 0) is 35.3 Å². The third-order valence-corrected chi connectivity index (χ3v) is 4.26. The number of hydrogen-bond donors (Lipinski definition) is 0. The van der Waals surface area contributed by atoms with Crippen LogP contribution in [0.2, 0.25) is 0 Å². The predicted molar refractivity (Wildman–Crippen MR) is 83.5 cm³/mol. The summed E-state index contributed by atoms with van der Waals surface area (Å²) in [6.45, 7) is 4.69. The van der Waals surface area contributed by atoms with Gasteiger partial charge in [0, 0.05) is 31.6 Å². The molecule has 0 unspecified atom stereocenters. The van der Waals surface area contributed by atoms with Crippen molar-refractivity contribution < 1.29 is 9.53 Å². The third kappa shape index (κ3) is 3.69. The lowest BCUT2D eigenvalue weighted by Crippen LogP contribution is -2.12. The highest BCUT2D eigenvalue weighted by atomic mass is 79.9. The van der Waals surface area contributed by atoms with E-state index in [0.717, 1.165) is 28.0 Å². The second kappa shape index (κ2) is 6.85. The van der Waals surface area contributed by atoms with Gasteiger partial charge in [-0.3, -0.25) is 9.48 Å². The molecular weight excluding hydrogens is 334 g/mol. The number of nitrogens with zero attached hydrogens (tertiary/aromatic N) is 3. The summed E-state index contributed by atoms with van der Waals surface area (Å²) in [5, 5.41) is 4.40. The SMILES string of the molecule is CCn1nc(C)c(Br)c1CC(=O)Cc1ccc(OC)nc1. The zero-order chi connectivity index (χ0) is 15.4. The van der Waals surface area contributed by atoms with Gasteiger partial charge in [0.2, 0.25) is 5.88 Å². The predicted octanol–water partition coefficient (Wildman–Crippen LogP) is 2.73. The summed E-state index contributed by atoms with van der Waals surface area (Å²) in [7, 11) is 1.57. The third-order valence-electron chi connectivity index (χ3n) is 3.23. The highest BCUT2D eigenvalue weighted by Crippen LogP contribution is 2.22. The Morgan fingerprint density at radius 1 is 1.38 bits per heavy atom. The number of hydrogen-bond acceptors (Lipinski definition) is 4. The van der Waals surface area contributed by atoms with Crippen LogP contribution in [0.4, 0.5) is 0 Å². The summed E-state index contributed by atoms with van der Waals surface area (Å²) in [6.07, 6.45) is 2.40. The topological polar surface area (TPSA) is 57.0 Å². The summed E-state index contributed by atoms with van der Waals surface area (Å²) in [5.74, 6) is 0.686. The molecule has 0 bridgehead atoms. The van der Waals surface area contributed by atoms with Crippen molar-refractivity contribution in [3.8, 4) is 5.88 Å². The quantitative estimate of drug-likeness (QED) is 0.802. The van der Waals surface area contributed by atoms with E-state index in [2.05, 4.69) is 26.0 Å². The van der Waals surface area contributed by atoms with E-state index in [1.165, 1.54) is 0 Å². The first-order valence-electron chi connectivity index (χ1n) is 6.77. The molecule has 0 saturated heterocycles. The number of carbonyl (C=O) groups excluding carboxylic acids is 1. The van der Waals surface area contributed by atoms with Crippen LogP contribution >= 0.6 is 15.9 Å².